The molecule has 1 saturated carbocycles. The Hall–Kier alpha value is -1.57. The van der Waals surface area contributed by atoms with Crippen LogP contribution in [0.25, 0.3) is 0 Å². The molecule has 3 N–H and O–H groups in total. The fraction of sp³-hybridized carbons (Fsp3) is 0.533. The fourth-order valence-electron chi connectivity index (χ4n) is 3.47. The van der Waals surface area contributed by atoms with E-state index in [1.54, 1.807) is 6.92 Å². The number of carbonyl (C=O) groups excluding carboxylic acids is 1. The molecule has 0 radical (unpaired) electrons. The van der Waals surface area contributed by atoms with E-state index in [2.05, 4.69) is 10.1 Å². The normalized spacial score (nSPS) is 30.0. The summed E-state index contributed by atoms with van der Waals surface area (Å²) in [6.45, 7) is 1.90. The van der Waals surface area contributed by atoms with Crippen LogP contribution in [0.4, 0.5) is 8.78 Å². The average Bonchev–Trinajstić information content (AvgIpc) is 3.03. The van der Waals surface area contributed by atoms with Gasteiger partial charge in [0.1, 0.15) is 11.6 Å². The summed E-state index contributed by atoms with van der Waals surface area (Å²) in [5.41, 5.74) is -0.110. The van der Waals surface area contributed by atoms with E-state index in [9.17, 15) is 23.8 Å². The standard InChI is InChI=1S/C15H17F2NO4/c1-2-22-13(19)15(20,21)12-11-6-14(11,7-18-12)8-3-9(16)5-10(17)4-8/h3-5,11-12,18,20-21H,2,6-7H2,1H3/t11?,12?,14-/m1/s1. The first-order chi connectivity index (χ1) is 10.3. The highest BCUT2D eigenvalue weighted by Gasteiger charge is 2.68. The Bertz CT molecular complexity index is 601. The molecule has 5 nitrogen and oxygen atoms in total. The van der Waals surface area contributed by atoms with Crippen LogP contribution in [0, 0.1) is 17.6 Å². The van der Waals surface area contributed by atoms with Crippen LogP contribution in [0.2, 0.25) is 0 Å². The molecule has 0 spiro atoms. The van der Waals surface area contributed by atoms with Crippen LogP contribution in [0.5, 0.6) is 0 Å². The van der Waals surface area contributed by atoms with Crippen molar-refractivity contribution in [2.24, 2.45) is 5.92 Å². The minimum Gasteiger partial charge on any atom is -0.462 e. The number of halogens is 2. The zero-order valence-electron chi connectivity index (χ0n) is 12.0. The Morgan fingerprint density at radius 1 is 1.41 bits per heavy atom. The number of hydrogen-bond donors (Lipinski definition) is 3. The van der Waals surface area contributed by atoms with Gasteiger partial charge < -0.3 is 20.3 Å². The van der Waals surface area contributed by atoms with Gasteiger partial charge in [0.25, 0.3) is 5.79 Å². The minimum atomic E-state index is -2.66. The number of benzene rings is 1. The van der Waals surface area contributed by atoms with Crippen LogP contribution < -0.4 is 5.32 Å². The predicted molar refractivity (Wildman–Crippen MR) is 71.7 cm³/mol. The van der Waals surface area contributed by atoms with Gasteiger partial charge in [-0.1, -0.05) is 0 Å². The van der Waals surface area contributed by atoms with E-state index in [0.29, 0.717) is 18.5 Å². The number of ether oxygens (including phenoxy) is 1. The third-order valence-corrected chi connectivity index (χ3v) is 4.62. The van der Waals surface area contributed by atoms with Crippen LogP contribution >= 0.6 is 0 Å². The lowest BCUT2D eigenvalue weighted by atomic mass is 9.92. The molecule has 1 saturated heterocycles. The van der Waals surface area contributed by atoms with E-state index < -0.39 is 34.8 Å². The Kier molecular flexibility index (Phi) is 3.47. The topological polar surface area (TPSA) is 78.8 Å². The summed E-state index contributed by atoms with van der Waals surface area (Å²) in [5.74, 6) is -5.44. The lowest BCUT2D eigenvalue weighted by Gasteiger charge is -2.27. The van der Waals surface area contributed by atoms with E-state index in [1.807, 2.05) is 0 Å². The summed E-state index contributed by atoms with van der Waals surface area (Å²) in [4.78, 5) is 11.7. The quantitative estimate of drug-likeness (QED) is 0.555. The van der Waals surface area contributed by atoms with Gasteiger partial charge in [-0.2, -0.15) is 0 Å². The van der Waals surface area contributed by atoms with E-state index >= 15 is 0 Å². The molecular formula is C15H17F2NO4. The molecule has 1 heterocycles. The number of rotatable bonds is 4. The summed E-state index contributed by atoms with van der Waals surface area (Å²) in [6.07, 6.45) is 0.524. The molecule has 0 amide bonds. The molecule has 2 fully saturated rings. The van der Waals surface area contributed by atoms with Gasteiger partial charge in [0.2, 0.25) is 0 Å². The molecule has 7 heteroatoms. The van der Waals surface area contributed by atoms with Crippen LogP contribution in [0.15, 0.2) is 18.2 Å². The summed E-state index contributed by atoms with van der Waals surface area (Å²) in [7, 11) is 0. The van der Waals surface area contributed by atoms with E-state index in [0.717, 1.165) is 6.07 Å². The molecule has 2 unspecified atom stereocenters. The van der Waals surface area contributed by atoms with Gasteiger partial charge in [-0.15, -0.1) is 0 Å². The molecular weight excluding hydrogens is 296 g/mol. The van der Waals surface area contributed by atoms with Crippen LogP contribution in [-0.4, -0.2) is 41.2 Å². The molecule has 1 aliphatic heterocycles. The third kappa shape index (κ3) is 2.20. The molecule has 120 valence electrons. The second-order valence-corrected chi connectivity index (χ2v) is 5.93. The number of hydrogen-bond acceptors (Lipinski definition) is 5. The Balaban J connectivity index is 1.84. The number of esters is 1. The maximum absolute atomic E-state index is 13.4. The average molecular weight is 313 g/mol. The second-order valence-electron chi connectivity index (χ2n) is 5.93. The predicted octanol–water partition coefficient (Wildman–Crippen LogP) is 0.438. The van der Waals surface area contributed by atoms with Crippen LogP contribution in [0.3, 0.4) is 0 Å². The first-order valence-electron chi connectivity index (χ1n) is 7.13. The molecule has 22 heavy (non-hydrogen) atoms. The SMILES string of the molecule is CCOC(=O)C(O)(O)C1NC[C@@]2(c3cc(F)cc(F)c3)CC12. The van der Waals surface area contributed by atoms with Crippen molar-refractivity contribution < 1.29 is 28.5 Å². The van der Waals surface area contributed by atoms with Gasteiger partial charge in [0.05, 0.1) is 12.6 Å². The fourth-order valence-corrected chi connectivity index (χ4v) is 3.47. The first kappa shape index (κ1) is 15.3. The molecule has 1 aliphatic carbocycles. The minimum absolute atomic E-state index is 0.0271. The van der Waals surface area contributed by atoms with E-state index in [1.165, 1.54) is 12.1 Å². The summed E-state index contributed by atoms with van der Waals surface area (Å²) in [6, 6.07) is 2.35. The van der Waals surface area contributed by atoms with Crippen molar-refractivity contribution in [3.8, 4) is 0 Å². The number of carbonyl (C=O) groups is 1. The molecule has 3 rings (SSSR count). The number of fused-ring (bicyclic) bond motifs is 1. The second kappa shape index (κ2) is 4.97. The first-order valence-corrected chi connectivity index (χ1v) is 7.13. The zero-order chi connectivity index (χ0) is 16.1. The Morgan fingerprint density at radius 3 is 2.59 bits per heavy atom. The van der Waals surface area contributed by atoms with E-state index in [-0.39, 0.29) is 12.5 Å². The van der Waals surface area contributed by atoms with Crippen LogP contribution in [0.1, 0.15) is 18.9 Å². The maximum atomic E-state index is 13.4. The smallest absolute Gasteiger partial charge is 0.368 e. The molecule has 2 aliphatic rings. The highest BCUT2D eigenvalue weighted by molar-refractivity contribution is 5.78. The summed E-state index contributed by atoms with van der Waals surface area (Å²) >= 11 is 0. The number of piperidine rings is 1. The van der Waals surface area contributed by atoms with Crippen molar-refractivity contribution in [3.63, 3.8) is 0 Å². The highest BCUT2D eigenvalue weighted by atomic mass is 19.1. The molecule has 0 aromatic heterocycles. The molecule has 3 atom stereocenters. The van der Waals surface area contributed by atoms with Crippen molar-refractivity contribution in [2.45, 2.75) is 30.6 Å². The largest absolute Gasteiger partial charge is 0.462 e. The summed E-state index contributed by atoms with van der Waals surface area (Å²) < 4.78 is 31.5. The molecule has 0 bridgehead atoms. The Labute approximate surface area is 125 Å². The maximum Gasteiger partial charge on any atom is 0.368 e. The van der Waals surface area contributed by atoms with Gasteiger partial charge in [0, 0.05) is 18.0 Å². The van der Waals surface area contributed by atoms with Gasteiger partial charge >= 0.3 is 5.97 Å². The third-order valence-electron chi connectivity index (χ3n) is 4.62. The molecule has 1 aromatic carbocycles. The van der Waals surface area contributed by atoms with Gasteiger partial charge in [-0.05, 0) is 37.0 Å². The van der Waals surface area contributed by atoms with Crippen molar-refractivity contribution in [1.82, 2.24) is 5.32 Å². The van der Waals surface area contributed by atoms with E-state index in [4.69, 9.17) is 0 Å². The van der Waals surface area contributed by atoms with Crippen molar-refractivity contribution in [1.29, 1.82) is 0 Å². The number of nitrogens with one attached hydrogen (secondary N) is 1. The van der Waals surface area contributed by atoms with Crippen molar-refractivity contribution in [2.75, 3.05) is 13.2 Å². The summed E-state index contributed by atoms with van der Waals surface area (Å²) in [5, 5.41) is 23.0. The van der Waals surface area contributed by atoms with Gasteiger partial charge in [-0.3, -0.25) is 0 Å². The monoisotopic (exact) mass is 313 g/mol. The number of aliphatic hydroxyl groups is 2. The van der Waals surface area contributed by atoms with Crippen molar-refractivity contribution >= 4 is 5.97 Å². The van der Waals surface area contributed by atoms with Crippen molar-refractivity contribution in [3.05, 3.63) is 35.4 Å². The lowest BCUT2D eigenvalue weighted by Crippen LogP contribution is -2.56. The Morgan fingerprint density at radius 2 is 2.05 bits per heavy atom. The highest BCUT2D eigenvalue weighted by Crippen LogP contribution is 2.60. The zero-order valence-corrected chi connectivity index (χ0v) is 12.0. The lowest BCUT2D eigenvalue weighted by molar-refractivity contribution is -0.219. The van der Waals surface area contributed by atoms with Gasteiger partial charge in [0.15, 0.2) is 0 Å². The van der Waals surface area contributed by atoms with Gasteiger partial charge in [-0.25, -0.2) is 13.6 Å². The molecule has 1 aromatic rings. The van der Waals surface area contributed by atoms with Crippen LogP contribution in [-0.2, 0) is 14.9 Å².